The smallest absolute Gasteiger partial charge is 0.330 e. The number of pyridine rings is 2. The second-order valence-corrected chi connectivity index (χ2v) is 20.3. The minimum atomic E-state index is -0.632. The third-order valence-electron chi connectivity index (χ3n) is 14.2. The number of esters is 1. The van der Waals surface area contributed by atoms with Gasteiger partial charge >= 0.3 is 5.97 Å². The first-order chi connectivity index (χ1) is 40.5. The molecule has 6 heterocycles. The van der Waals surface area contributed by atoms with Crippen LogP contribution in [0, 0.1) is 11.6 Å². The molecule has 4 amide bonds. The van der Waals surface area contributed by atoms with E-state index < -0.39 is 29.4 Å². The Morgan fingerprint density at radius 3 is 1.36 bits per heavy atom. The number of hydrogen-bond donors (Lipinski definition) is 9. The molecule has 9 N–H and O–H groups in total. The van der Waals surface area contributed by atoms with Crippen LogP contribution in [0.1, 0.15) is 45.7 Å². The number of aliphatic hydroxyl groups is 1. The molecule has 0 bridgehead atoms. The molecule has 0 spiro atoms. The maximum absolute atomic E-state index is 15.5. The van der Waals surface area contributed by atoms with Crippen LogP contribution >= 0.6 is 0 Å². The maximum Gasteiger partial charge on any atom is 0.330 e. The molecule has 4 aliphatic heterocycles. The number of hydrogen-bond acceptors (Lipinski definition) is 17. The van der Waals surface area contributed by atoms with Gasteiger partial charge in [0.25, 0.3) is 11.8 Å². The van der Waals surface area contributed by atoms with E-state index in [-0.39, 0.29) is 82.6 Å². The second-order valence-electron chi connectivity index (χ2n) is 20.3. The Morgan fingerprint density at radius 2 is 0.964 bits per heavy atom. The van der Waals surface area contributed by atoms with E-state index in [1.165, 1.54) is 6.08 Å². The highest BCUT2D eigenvalue weighted by Crippen LogP contribution is 2.36. The number of aliphatic hydroxyl groups excluding tert-OH is 1. The van der Waals surface area contributed by atoms with E-state index >= 15 is 8.78 Å². The predicted molar refractivity (Wildman–Crippen MR) is 322 cm³/mol. The lowest BCUT2D eigenvalue weighted by atomic mass is 10.1. The molecule has 23 heteroatoms. The molecule has 2 fully saturated rings. The van der Waals surface area contributed by atoms with E-state index in [2.05, 4.69) is 91.8 Å². The van der Waals surface area contributed by atoms with Gasteiger partial charge in [0, 0.05) is 141 Å². The van der Waals surface area contributed by atoms with Gasteiger partial charge in [0.1, 0.15) is 17.7 Å². The molecule has 0 aliphatic carbocycles. The van der Waals surface area contributed by atoms with Crippen LogP contribution in [-0.4, -0.2) is 132 Å². The molecule has 84 heavy (non-hydrogen) atoms. The average molecular weight is 1150 g/mol. The molecule has 4 aromatic carbocycles. The number of carbonyl (C=O) groups excluding carboxylic acids is 5. The van der Waals surface area contributed by atoms with Gasteiger partial charge in [-0.3, -0.25) is 29.0 Å². The van der Waals surface area contributed by atoms with Crippen LogP contribution < -0.4 is 52.3 Å². The summed E-state index contributed by atoms with van der Waals surface area (Å²) < 4.78 is 36.2. The third-order valence-corrected chi connectivity index (χ3v) is 14.2. The van der Waals surface area contributed by atoms with Gasteiger partial charge in [-0.05, 0) is 111 Å². The van der Waals surface area contributed by atoms with Crippen molar-refractivity contribution in [2.75, 3.05) is 107 Å². The highest BCUT2D eigenvalue weighted by Gasteiger charge is 2.32. The molecule has 4 aliphatic rings. The molecular weight excluding hydrogens is 1080 g/mol. The lowest BCUT2D eigenvalue weighted by molar-refractivity contribution is -0.143. The van der Waals surface area contributed by atoms with Crippen molar-refractivity contribution in [2.24, 2.45) is 0 Å². The van der Waals surface area contributed by atoms with E-state index in [0.717, 1.165) is 75.9 Å². The average Bonchev–Trinajstić information content (AvgIpc) is 4.22. The summed E-state index contributed by atoms with van der Waals surface area (Å²) in [7, 11) is 0. The van der Waals surface area contributed by atoms with E-state index in [1.54, 1.807) is 55.5 Å². The van der Waals surface area contributed by atoms with Crippen LogP contribution in [0.25, 0.3) is 0 Å². The van der Waals surface area contributed by atoms with Crippen molar-refractivity contribution < 1.29 is 42.6 Å². The number of β-amino-alcohol motifs (C(OH)–C–C–N with tert-alkyl or cyclic N) is 1. The number of rotatable bonds is 20. The number of halogens is 2. The molecule has 10 rings (SSSR count). The first-order valence-corrected chi connectivity index (χ1v) is 27.4. The summed E-state index contributed by atoms with van der Waals surface area (Å²) in [6.07, 6.45) is 2.94. The maximum atomic E-state index is 15.5. The van der Waals surface area contributed by atoms with Crippen LogP contribution in [0.5, 0.6) is 0 Å². The van der Waals surface area contributed by atoms with Crippen LogP contribution in [0.15, 0.2) is 135 Å². The lowest BCUT2D eigenvalue weighted by Crippen LogP contribution is -2.48. The largest absolute Gasteiger partial charge is 0.458 e. The first kappa shape index (κ1) is 58.9. The van der Waals surface area contributed by atoms with Gasteiger partial charge < -0.3 is 62.2 Å². The summed E-state index contributed by atoms with van der Waals surface area (Å²) in [5, 5.41) is 32.6. The summed E-state index contributed by atoms with van der Waals surface area (Å²) in [5.74, 6) is -2.83. The number of fused-ring (bicyclic) bond motifs is 2. The van der Waals surface area contributed by atoms with Crippen molar-refractivity contribution in [3.05, 3.63) is 169 Å². The fraction of sp³-hybridized carbons (Fsp3) is 0.262. The van der Waals surface area contributed by atoms with Gasteiger partial charge in [0.15, 0.2) is 23.3 Å². The van der Waals surface area contributed by atoms with Gasteiger partial charge in [0.2, 0.25) is 11.8 Å². The molecule has 21 nitrogen and oxygen atoms in total. The Hall–Kier alpha value is -9.71. The Bertz CT molecular complexity index is 3460. The number of piperazine rings is 2. The molecule has 2 atom stereocenters. The molecule has 2 aromatic heterocycles. The highest BCUT2D eigenvalue weighted by atomic mass is 19.1. The molecule has 436 valence electrons. The molecule has 2 saturated heterocycles. The second kappa shape index (κ2) is 26.9. The number of amides is 4. The van der Waals surface area contributed by atoms with Crippen molar-refractivity contribution in [2.45, 2.75) is 39.1 Å². The van der Waals surface area contributed by atoms with Crippen molar-refractivity contribution in [1.82, 2.24) is 30.4 Å². The SMILES string of the molecule is C=CC(=O)Nc1cccc(Nc2nc(Nc3ccc(N4CCN(CC(C)O)CC4)cc3)c3c(c2F)CNC3=O)c1.C=CC(=O)Nc1cccc(Nc2nc(Nc3ccc(N4CCN(CC(C)OC(=O)C=C)CC4)cc3)c3c(c2F)CNC3=O)c1. The van der Waals surface area contributed by atoms with Crippen LogP contribution in [0.2, 0.25) is 0 Å². The van der Waals surface area contributed by atoms with Crippen molar-refractivity contribution in [1.29, 1.82) is 0 Å². The number of nitrogens with zero attached hydrogens (tertiary/aromatic N) is 6. The Balaban J connectivity index is 0.000000202. The monoisotopic (exact) mass is 1140 g/mol. The third kappa shape index (κ3) is 14.7. The van der Waals surface area contributed by atoms with Gasteiger partial charge in [-0.25, -0.2) is 23.5 Å². The van der Waals surface area contributed by atoms with E-state index in [9.17, 15) is 29.1 Å². The molecular formula is C61H66F2N14O7. The summed E-state index contributed by atoms with van der Waals surface area (Å²) in [4.78, 5) is 78.0. The van der Waals surface area contributed by atoms with Crippen molar-refractivity contribution in [3.63, 3.8) is 0 Å². The molecule has 6 aromatic rings. The van der Waals surface area contributed by atoms with Gasteiger partial charge in [-0.15, -0.1) is 0 Å². The van der Waals surface area contributed by atoms with Gasteiger partial charge in [-0.1, -0.05) is 31.9 Å². The van der Waals surface area contributed by atoms with E-state index in [4.69, 9.17) is 4.74 Å². The van der Waals surface area contributed by atoms with E-state index in [0.29, 0.717) is 47.2 Å². The number of carbonyl (C=O) groups is 5. The topological polar surface area (TPSA) is 250 Å². The highest BCUT2D eigenvalue weighted by molar-refractivity contribution is 6.05. The number of ether oxygens (including phenoxy) is 1. The van der Waals surface area contributed by atoms with Crippen LogP contribution in [-0.2, 0) is 32.2 Å². The first-order valence-electron chi connectivity index (χ1n) is 27.4. The summed E-state index contributed by atoms with van der Waals surface area (Å²) in [6, 6.07) is 29.1. The Labute approximate surface area is 484 Å². The standard InChI is InChI=1S/C32H34FN7O4.C29H32FN7O3/c1-4-26(41)35-22-7-6-8-23(17-22)37-31-29(33)25-18-34-32(43)28(25)30(38-31)36-21-9-11-24(12-10-21)40-15-13-39(14-16-40)19-20(3)44-27(42)5-2;1-3-24(39)32-20-5-4-6-21(15-20)34-28-26(30)23-16-31-29(40)25(23)27(35-28)33-19-7-9-22(10-8-19)37-13-11-36(12-14-37)17-18(2)38/h4-12,17,20H,1-2,13-16,18-19H2,3H3,(H,34,43)(H,35,41)(H2,36,37,38);3-10,15,18,38H,1,11-14,16-17H2,2H3,(H,31,40)(H,32,39)(H2,33,34,35). The van der Waals surface area contributed by atoms with Crippen LogP contribution in [0.4, 0.5) is 77.6 Å². The zero-order chi connectivity index (χ0) is 59.4. The molecule has 2 unspecified atom stereocenters. The predicted octanol–water partition coefficient (Wildman–Crippen LogP) is 7.89. The summed E-state index contributed by atoms with van der Waals surface area (Å²) in [5.41, 5.74) is 6.31. The minimum absolute atomic E-state index is 0.0433. The number of aromatic nitrogens is 2. The zero-order valence-corrected chi connectivity index (χ0v) is 46.6. The van der Waals surface area contributed by atoms with E-state index in [1.807, 2.05) is 55.5 Å². The summed E-state index contributed by atoms with van der Waals surface area (Å²) >= 11 is 0. The molecule has 0 radical (unpaired) electrons. The number of benzene rings is 4. The molecule has 0 saturated carbocycles. The van der Waals surface area contributed by atoms with Gasteiger partial charge in [0.05, 0.1) is 17.2 Å². The fourth-order valence-corrected chi connectivity index (χ4v) is 10.1. The summed E-state index contributed by atoms with van der Waals surface area (Å²) in [6.45, 7) is 22.2. The zero-order valence-electron chi connectivity index (χ0n) is 46.6. The number of anilines is 12. The van der Waals surface area contributed by atoms with Crippen molar-refractivity contribution >= 4 is 98.4 Å². The Morgan fingerprint density at radius 1 is 0.571 bits per heavy atom. The normalized spacial score (nSPS) is 15.3. The van der Waals surface area contributed by atoms with Crippen molar-refractivity contribution in [3.8, 4) is 0 Å². The fourth-order valence-electron chi connectivity index (χ4n) is 10.1. The quantitative estimate of drug-likeness (QED) is 0.0260. The van der Waals surface area contributed by atoms with Gasteiger partial charge in [-0.2, -0.15) is 0 Å². The lowest BCUT2D eigenvalue weighted by Gasteiger charge is -2.37. The minimum Gasteiger partial charge on any atom is -0.458 e. The Kier molecular flexibility index (Phi) is 18.9. The number of nitrogens with one attached hydrogen (secondary N) is 8. The van der Waals surface area contributed by atoms with Crippen LogP contribution in [0.3, 0.4) is 0 Å².